The Bertz CT molecular complexity index is 1160. The van der Waals surface area contributed by atoms with Crippen LogP contribution in [0.3, 0.4) is 0 Å². The van der Waals surface area contributed by atoms with E-state index in [4.69, 9.17) is 9.52 Å². The molecule has 1 fully saturated rings. The highest BCUT2D eigenvalue weighted by atomic mass is 79.9. The van der Waals surface area contributed by atoms with Gasteiger partial charge in [0.05, 0.1) is 17.0 Å². The molecule has 0 atom stereocenters. The maximum absolute atomic E-state index is 12.7. The third kappa shape index (κ3) is 4.24. The molecule has 150 valence electrons. The van der Waals surface area contributed by atoms with Crippen molar-refractivity contribution in [2.75, 3.05) is 0 Å². The lowest BCUT2D eigenvalue weighted by Crippen LogP contribution is -2.27. The summed E-state index contributed by atoms with van der Waals surface area (Å²) in [5.74, 6) is -0.397. The fourth-order valence-electron chi connectivity index (χ4n) is 2.90. The number of aromatic carboxylic acids is 1. The molecular formula is C22H14BrNO5S. The molecule has 3 aromatic rings. The fraction of sp³-hybridized carbons (Fsp3) is 0.0455. The van der Waals surface area contributed by atoms with Crippen LogP contribution in [0.15, 0.2) is 74.5 Å². The van der Waals surface area contributed by atoms with E-state index in [-0.39, 0.29) is 23.3 Å². The smallest absolute Gasteiger partial charge is 0.335 e. The Labute approximate surface area is 184 Å². The molecule has 2 heterocycles. The summed E-state index contributed by atoms with van der Waals surface area (Å²) in [5.41, 5.74) is 1.75. The maximum Gasteiger partial charge on any atom is 0.335 e. The van der Waals surface area contributed by atoms with Crippen LogP contribution in [0.25, 0.3) is 17.4 Å². The van der Waals surface area contributed by atoms with E-state index in [0.717, 1.165) is 21.8 Å². The summed E-state index contributed by atoms with van der Waals surface area (Å²) < 4.78 is 6.68. The Morgan fingerprint density at radius 3 is 2.40 bits per heavy atom. The van der Waals surface area contributed by atoms with Crippen molar-refractivity contribution in [1.29, 1.82) is 0 Å². The molecule has 0 unspecified atom stereocenters. The predicted octanol–water partition coefficient (Wildman–Crippen LogP) is 5.64. The van der Waals surface area contributed by atoms with Gasteiger partial charge in [-0.05, 0) is 53.7 Å². The lowest BCUT2D eigenvalue weighted by Gasteiger charge is -2.12. The standard InChI is InChI=1S/C22H14BrNO5S/c23-16-7-1-13(2-8-16)12-24-20(25)19(30-22(24)28)11-17-9-10-18(29-17)14-3-5-15(6-4-14)21(26)27/h1-11H,12H2,(H,26,27)/b19-11-. The van der Waals surface area contributed by atoms with Crippen LogP contribution in [0.4, 0.5) is 4.79 Å². The first-order valence-corrected chi connectivity index (χ1v) is 10.4. The molecular weight excluding hydrogens is 470 g/mol. The minimum Gasteiger partial charge on any atom is -0.478 e. The van der Waals surface area contributed by atoms with E-state index in [0.29, 0.717) is 22.0 Å². The molecule has 1 aromatic heterocycles. The Kier molecular flexibility index (Phi) is 5.61. The molecule has 8 heteroatoms. The van der Waals surface area contributed by atoms with E-state index in [9.17, 15) is 14.4 Å². The second-order valence-electron chi connectivity index (χ2n) is 6.48. The van der Waals surface area contributed by atoms with Gasteiger partial charge < -0.3 is 9.52 Å². The van der Waals surface area contributed by atoms with Gasteiger partial charge >= 0.3 is 5.97 Å². The van der Waals surface area contributed by atoms with Crippen LogP contribution >= 0.6 is 27.7 Å². The maximum atomic E-state index is 12.7. The number of nitrogens with zero attached hydrogens (tertiary/aromatic N) is 1. The van der Waals surface area contributed by atoms with Crippen LogP contribution in [0, 0.1) is 0 Å². The summed E-state index contributed by atoms with van der Waals surface area (Å²) in [6.07, 6.45) is 1.54. The number of imide groups is 1. The number of benzene rings is 2. The first-order chi connectivity index (χ1) is 14.4. The number of carboxylic acid groups (broad SMARTS) is 1. The normalized spacial score (nSPS) is 15.2. The van der Waals surface area contributed by atoms with Crippen molar-refractivity contribution in [3.63, 3.8) is 0 Å². The van der Waals surface area contributed by atoms with Crippen LogP contribution < -0.4 is 0 Å². The molecule has 0 spiro atoms. The van der Waals surface area contributed by atoms with Crippen LogP contribution in [-0.4, -0.2) is 27.1 Å². The van der Waals surface area contributed by atoms with Crippen LogP contribution in [0.2, 0.25) is 0 Å². The van der Waals surface area contributed by atoms with Crippen molar-refractivity contribution in [2.24, 2.45) is 0 Å². The van der Waals surface area contributed by atoms with Crippen molar-refractivity contribution in [1.82, 2.24) is 4.90 Å². The minimum absolute atomic E-state index is 0.185. The van der Waals surface area contributed by atoms with Crippen LogP contribution in [0.5, 0.6) is 0 Å². The summed E-state index contributed by atoms with van der Waals surface area (Å²) in [4.78, 5) is 37.4. The molecule has 1 N–H and O–H groups in total. The van der Waals surface area contributed by atoms with E-state index < -0.39 is 5.97 Å². The van der Waals surface area contributed by atoms with Gasteiger partial charge in [0.15, 0.2) is 0 Å². The molecule has 6 nitrogen and oxygen atoms in total. The van der Waals surface area contributed by atoms with Crippen LogP contribution in [-0.2, 0) is 11.3 Å². The van der Waals surface area contributed by atoms with Gasteiger partial charge in [-0.3, -0.25) is 14.5 Å². The molecule has 2 aromatic carbocycles. The van der Waals surface area contributed by atoms with Crippen LogP contribution in [0.1, 0.15) is 21.7 Å². The van der Waals surface area contributed by atoms with Gasteiger partial charge in [-0.25, -0.2) is 4.79 Å². The summed E-state index contributed by atoms with van der Waals surface area (Å²) >= 11 is 4.23. The fourth-order valence-corrected chi connectivity index (χ4v) is 3.98. The SMILES string of the molecule is O=C(O)c1ccc(-c2ccc(/C=C3\SC(=O)N(Cc4ccc(Br)cc4)C3=O)o2)cc1. The Morgan fingerprint density at radius 2 is 1.73 bits per heavy atom. The molecule has 0 bridgehead atoms. The van der Waals surface area contributed by atoms with Gasteiger partial charge in [0.25, 0.3) is 11.1 Å². The molecule has 1 aliphatic heterocycles. The van der Waals surface area contributed by atoms with Crippen molar-refractivity contribution in [3.05, 3.63) is 86.9 Å². The number of hydrogen-bond donors (Lipinski definition) is 1. The summed E-state index contributed by atoms with van der Waals surface area (Å²) in [7, 11) is 0. The molecule has 2 amide bonds. The van der Waals surface area contributed by atoms with Crippen molar-refractivity contribution < 1.29 is 23.9 Å². The number of rotatable bonds is 5. The largest absolute Gasteiger partial charge is 0.478 e. The number of thioether (sulfide) groups is 1. The van der Waals surface area contributed by atoms with Gasteiger partial charge in [-0.1, -0.05) is 40.2 Å². The summed E-state index contributed by atoms with van der Waals surface area (Å²) in [6.45, 7) is 0.203. The topological polar surface area (TPSA) is 87.8 Å². The molecule has 0 saturated carbocycles. The van der Waals surface area contributed by atoms with Gasteiger partial charge in [0.1, 0.15) is 11.5 Å². The third-order valence-electron chi connectivity index (χ3n) is 4.44. The highest BCUT2D eigenvalue weighted by Crippen LogP contribution is 2.34. The number of amides is 2. The first-order valence-electron chi connectivity index (χ1n) is 8.84. The molecule has 4 rings (SSSR count). The average Bonchev–Trinajstić information content (AvgIpc) is 3.30. The third-order valence-corrected chi connectivity index (χ3v) is 5.88. The predicted molar refractivity (Wildman–Crippen MR) is 117 cm³/mol. The molecule has 30 heavy (non-hydrogen) atoms. The zero-order chi connectivity index (χ0) is 21.3. The molecule has 1 aliphatic rings. The van der Waals surface area contributed by atoms with Gasteiger partial charge in [-0.2, -0.15) is 0 Å². The van der Waals surface area contributed by atoms with E-state index in [2.05, 4.69) is 15.9 Å². The molecule has 0 radical (unpaired) electrons. The van der Waals surface area contributed by atoms with E-state index >= 15 is 0 Å². The number of furan rings is 1. The average molecular weight is 484 g/mol. The Morgan fingerprint density at radius 1 is 1.03 bits per heavy atom. The second-order valence-corrected chi connectivity index (χ2v) is 8.39. The lowest BCUT2D eigenvalue weighted by molar-refractivity contribution is -0.123. The van der Waals surface area contributed by atoms with E-state index in [1.54, 1.807) is 30.3 Å². The van der Waals surface area contributed by atoms with Gasteiger partial charge in [0.2, 0.25) is 0 Å². The van der Waals surface area contributed by atoms with Gasteiger partial charge in [0, 0.05) is 16.1 Å². The number of carbonyl (C=O) groups is 3. The van der Waals surface area contributed by atoms with Crippen molar-refractivity contribution in [2.45, 2.75) is 6.54 Å². The summed E-state index contributed by atoms with van der Waals surface area (Å²) in [6, 6.07) is 17.1. The second kappa shape index (κ2) is 8.33. The van der Waals surface area contributed by atoms with Gasteiger partial charge in [-0.15, -0.1) is 0 Å². The Balaban J connectivity index is 1.51. The molecule has 0 aliphatic carbocycles. The number of carbonyl (C=O) groups excluding carboxylic acids is 2. The number of hydrogen-bond acceptors (Lipinski definition) is 5. The first kappa shape index (κ1) is 20.2. The Hall–Kier alpha value is -3.10. The minimum atomic E-state index is -0.999. The number of carboxylic acids is 1. The van der Waals surface area contributed by atoms with E-state index in [1.807, 2.05) is 24.3 Å². The zero-order valence-corrected chi connectivity index (χ0v) is 17.8. The van der Waals surface area contributed by atoms with Crippen molar-refractivity contribution in [3.8, 4) is 11.3 Å². The summed E-state index contributed by atoms with van der Waals surface area (Å²) in [5, 5.41) is 8.66. The quantitative estimate of drug-likeness (QED) is 0.472. The monoisotopic (exact) mass is 483 g/mol. The highest BCUT2D eigenvalue weighted by molar-refractivity contribution is 9.10. The number of halogens is 1. The van der Waals surface area contributed by atoms with E-state index in [1.165, 1.54) is 17.0 Å². The lowest BCUT2D eigenvalue weighted by atomic mass is 10.1. The highest BCUT2D eigenvalue weighted by Gasteiger charge is 2.35. The molecule has 1 saturated heterocycles. The zero-order valence-electron chi connectivity index (χ0n) is 15.4. The van der Waals surface area contributed by atoms with Crippen molar-refractivity contribution >= 4 is 50.9 Å².